The van der Waals surface area contributed by atoms with Crippen molar-refractivity contribution in [2.75, 3.05) is 45.7 Å². The molecule has 5 bridgehead atoms. The normalized spacial score (nSPS) is 30.1. The maximum absolute atomic E-state index is 14.4. The van der Waals surface area contributed by atoms with E-state index in [9.17, 15) is 39.9 Å². The lowest BCUT2D eigenvalue weighted by atomic mass is 9.78. The second-order valence-electron chi connectivity index (χ2n) is 16.1. The van der Waals surface area contributed by atoms with Crippen molar-refractivity contribution < 1.29 is 58.9 Å². The zero-order chi connectivity index (χ0) is 43.7. The summed E-state index contributed by atoms with van der Waals surface area (Å²) in [4.78, 5) is 42.6. The molecule has 0 aromatic heterocycles. The third-order valence-corrected chi connectivity index (χ3v) is 11.9. The van der Waals surface area contributed by atoms with Crippen LogP contribution in [-0.2, 0) is 23.8 Å². The van der Waals surface area contributed by atoms with Crippen molar-refractivity contribution in [3.63, 3.8) is 0 Å². The number of rotatable bonds is 4. The van der Waals surface area contributed by atoms with Gasteiger partial charge in [0.2, 0.25) is 0 Å². The molecular weight excluding hydrogens is 764 g/mol. The minimum Gasteiger partial charge on any atom is -0.507 e. The predicted molar refractivity (Wildman–Crippen MR) is 220 cm³/mol. The molecule has 0 spiro atoms. The van der Waals surface area contributed by atoms with Crippen molar-refractivity contribution in [3.8, 4) is 23.0 Å². The number of benzene rings is 2. The number of nitrogens with zero attached hydrogens (tertiary/aromatic N) is 3. The van der Waals surface area contributed by atoms with Crippen LogP contribution in [0.1, 0.15) is 70.0 Å². The number of aromatic hydroxyl groups is 3. The van der Waals surface area contributed by atoms with Crippen molar-refractivity contribution in [1.82, 2.24) is 9.91 Å². The first kappa shape index (κ1) is 44.9. The average molecular weight is 823 g/mol. The average Bonchev–Trinajstić information content (AvgIpc) is 3.46. The van der Waals surface area contributed by atoms with Gasteiger partial charge in [0.1, 0.15) is 23.4 Å². The van der Waals surface area contributed by atoms with E-state index in [4.69, 9.17) is 18.9 Å². The summed E-state index contributed by atoms with van der Waals surface area (Å²) in [6.45, 7) is 15.1. The van der Waals surface area contributed by atoms with Crippen LogP contribution in [0.25, 0.3) is 10.8 Å². The topological polar surface area (TPSA) is 220 Å². The molecule has 59 heavy (non-hydrogen) atoms. The molecule has 6 N–H and O–H groups in total. The molecular formula is C43H58N4O12. The van der Waals surface area contributed by atoms with Gasteiger partial charge in [0.05, 0.1) is 53.0 Å². The molecule has 4 heterocycles. The second kappa shape index (κ2) is 18.0. The van der Waals surface area contributed by atoms with Gasteiger partial charge < -0.3 is 54.7 Å². The van der Waals surface area contributed by atoms with Gasteiger partial charge in [0.15, 0.2) is 5.75 Å². The molecule has 7 unspecified atom stereocenters. The number of esters is 1. The number of amides is 1. The molecule has 322 valence electrons. The van der Waals surface area contributed by atoms with Gasteiger partial charge in [-0.15, -0.1) is 0 Å². The number of piperazine rings is 1. The second-order valence-corrected chi connectivity index (χ2v) is 16.1. The number of anilines is 1. The van der Waals surface area contributed by atoms with E-state index in [1.807, 2.05) is 7.05 Å². The number of carbonyl (C=O) groups is 3. The summed E-state index contributed by atoms with van der Waals surface area (Å²) in [5.74, 6) is -8.34. The number of phenolic OH excluding ortho intramolecular Hbond substituents is 3. The molecule has 16 heteroatoms. The summed E-state index contributed by atoms with van der Waals surface area (Å²) < 4.78 is 23.6. The standard InChI is InChI=1S/C43H58N4O12/c1-21-12-11-13-22(2)42(55)45-33-28(20-44-47-17-15-46(9)16-18-47)37(52)30-31(38(33)53)36(51)26(6)40-32(30)41(54)43(8,59-40)57-19-14-29(56-10)23(3)39(58-27(7)48)25(5)35(50)24(4)34(21)49/h11-14,19-21,23-25,29,34-35,39,49-53H,15-18H2,1-10H3,(H,45,55)/t21?,23?,24?,25?,29?,34?,35?,39-,43+/m1/s1. The number of hydrogen-bond donors (Lipinski definition) is 6. The first-order valence-corrected chi connectivity index (χ1v) is 19.8. The SMILES string of the molecule is COC1C=CO[C@@]2(C)Oc3c(C)c(O)c4c(O)c(c(C=NN5CCN(C)CC5)c(O)c4c3C2=O)NC(=O)C(C)=CC=CC(C)C(O)C(C)C(O)C(C)[C@H](OC(C)=O)C1C. The molecule has 2 aromatic carbocycles. The Morgan fingerprint density at radius 2 is 1.61 bits per heavy atom. The molecule has 0 saturated carbocycles. The molecule has 0 aliphatic carbocycles. The number of hydrogen-bond acceptors (Lipinski definition) is 15. The number of ether oxygens (including phenoxy) is 4. The van der Waals surface area contributed by atoms with Gasteiger partial charge in [0.25, 0.3) is 11.7 Å². The third-order valence-electron chi connectivity index (χ3n) is 11.9. The van der Waals surface area contributed by atoms with Gasteiger partial charge in [-0.3, -0.25) is 19.4 Å². The van der Waals surface area contributed by atoms with Crippen LogP contribution < -0.4 is 10.1 Å². The van der Waals surface area contributed by atoms with Crippen LogP contribution in [0.4, 0.5) is 5.69 Å². The Labute approximate surface area is 344 Å². The number of phenols is 3. The Kier molecular flexibility index (Phi) is 13.7. The zero-order valence-corrected chi connectivity index (χ0v) is 35.3. The Morgan fingerprint density at radius 1 is 0.949 bits per heavy atom. The van der Waals surface area contributed by atoms with Crippen molar-refractivity contribution in [2.24, 2.45) is 28.8 Å². The summed E-state index contributed by atoms with van der Waals surface area (Å²) in [7, 11) is 3.42. The summed E-state index contributed by atoms with van der Waals surface area (Å²) in [5.41, 5.74) is -0.350. The summed E-state index contributed by atoms with van der Waals surface area (Å²) in [6, 6.07) is 0. The van der Waals surface area contributed by atoms with Crippen LogP contribution in [0.15, 0.2) is 41.2 Å². The maximum Gasteiger partial charge on any atom is 0.312 e. The van der Waals surface area contributed by atoms with Gasteiger partial charge in [-0.25, -0.2) is 0 Å². The van der Waals surface area contributed by atoms with E-state index in [1.54, 1.807) is 44.9 Å². The quantitative estimate of drug-likeness (QED) is 0.109. The lowest BCUT2D eigenvalue weighted by molar-refractivity contribution is -0.160. The third kappa shape index (κ3) is 8.91. The van der Waals surface area contributed by atoms with E-state index >= 15 is 0 Å². The summed E-state index contributed by atoms with van der Waals surface area (Å²) in [6.07, 6.45) is 4.86. The van der Waals surface area contributed by atoms with Crippen molar-refractivity contribution >= 4 is 40.3 Å². The lowest BCUT2D eigenvalue weighted by Gasteiger charge is -2.38. The van der Waals surface area contributed by atoms with E-state index < -0.39 is 88.8 Å². The van der Waals surface area contributed by atoms with Crippen LogP contribution in [0.3, 0.4) is 0 Å². The maximum atomic E-state index is 14.4. The van der Waals surface area contributed by atoms with Gasteiger partial charge >= 0.3 is 11.8 Å². The number of allylic oxidation sites excluding steroid dienone is 2. The van der Waals surface area contributed by atoms with Crippen LogP contribution in [0.2, 0.25) is 0 Å². The summed E-state index contributed by atoms with van der Waals surface area (Å²) >= 11 is 0. The first-order valence-electron chi connectivity index (χ1n) is 19.8. The number of Topliss-reactive ketones (excluding diaryl/α,β-unsaturated/α-hetero) is 1. The molecule has 1 amide bonds. The largest absolute Gasteiger partial charge is 0.507 e. The van der Waals surface area contributed by atoms with E-state index in [2.05, 4.69) is 15.3 Å². The van der Waals surface area contributed by atoms with Crippen LogP contribution in [0, 0.1) is 30.6 Å². The fourth-order valence-electron chi connectivity index (χ4n) is 7.92. The lowest BCUT2D eigenvalue weighted by Crippen LogP contribution is -2.46. The number of carbonyl (C=O) groups excluding carboxylic acids is 3. The first-order chi connectivity index (χ1) is 27.7. The highest BCUT2D eigenvalue weighted by Crippen LogP contribution is 2.55. The van der Waals surface area contributed by atoms with Crippen molar-refractivity contribution in [2.45, 2.75) is 85.6 Å². The van der Waals surface area contributed by atoms with Crippen LogP contribution >= 0.6 is 0 Å². The molecule has 4 aliphatic rings. The number of aliphatic hydroxyl groups excluding tert-OH is 2. The number of likely N-dealkylation sites (N-methyl/N-ethyl adjacent to an activating group) is 1. The smallest absolute Gasteiger partial charge is 0.312 e. The molecule has 2 aromatic rings. The van der Waals surface area contributed by atoms with Crippen molar-refractivity contribution in [3.05, 3.63) is 52.8 Å². The predicted octanol–water partition coefficient (Wildman–Crippen LogP) is 4.34. The van der Waals surface area contributed by atoms with E-state index in [1.165, 1.54) is 59.4 Å². The van der Waals surface area contributed by atoms with E-state index in [0.29, 0.717) is 13.1 Å². The Bertz CT molecular complexity index is 2070. The van der Waals surface area contributed by atoms with Crippen LogP contribution in [0.5, 0.6) is 23.0 Å². The Hall–Kier alpha value is -5.16. The minimum absolute atomic E-state index is 0.0559. The molecule has 0 radical (unpaired) electrons. The minimum atomic E-state index is -2.04. The van der Waals surface area contributed by atoms with E-state index in [-0.39, 0.29) is 44.5 Å². The highest BCUT2D eigenvalue weighted by atomic mass is 16.7. The van der Waals surface area contributed by atoms with Gasteiger partial charge in [-0.05, 0) is 27.0 Å². The molecule has 6 rings (SSSR count). The number of nitrogens with one attached hydrogen (secondary N) is 1. The molecule has 9 atom stereocenters. The van der Waals surface area contributed by atoms with E-state index in [0.717, 1.165) is 13.1 Å². The highest BCUT2D eigenvalue weighted by molar-refractivity contribution is 6.23. The highest BCUT2D eigenvalue weighted by Gasteiger charge is 2.50. The zero-order valence-electron chi connectivity index (χ0n) is 35.3. The molecule has 1 saturated heterocycles. The monoisotopic (exact) mass is 822 g/mol. The molecule has 1 fully saturated rings. The van der Waals surface area contributed by atoms with Gasteiger partial charge in [-0.1, -0.05) is 45.9 Å². The Morgan fingerprint density at radius 3 is 2.24 bits per heavy atom. The summed E-state index contributed by atoms with van der Waals surface area (Å²) in [5, 5.41) is 66.8. The number of methoxy groups -OCH3 is 1. The van der Waals surface area contributed by atoms with Crippen LogP contribution in [-0.4, -0.2) is 130 Å². The van der Waals surface area contributed by atoms with Gasteiger partial charge in [-0.2, -0.15) is 5.10 Å². The number of fused-ring (bicyclic) bond motifs is 14. The molecule has 4 aliphatic heterocycles. The molecule has 16 nitrogen and oxygen atoms in total. The van der Waals surface area contributed by atoms with Crippen molar-refractivity contribution in [1.29, 1.82) is 0 Å². The fourth-order valence-corrected chi connectivity index (χ4v) is 7.92. The number of hydrazone groups is 1. The van der Waals surface area contributed by atoms with Gasteiger partial charge in [0, 0.05) is 87.3 Å². The number of ketones is 1. The Balaban J connectivity index is 1.70. The fraction of sp³-hybridized carbons (Fsp3) is 0.535. The number of aliphatic hydroxyl groups is 2.